The molecule has 0 fully saturated rings. The average molecular weight is 206 g/mol. The van der Waals surface area contributed by atoms with Crippen LogP contribution >= 0.6 is 0 Å². The van der Waals surface area contributed by atoms with Gasteiger partial charge in [0.05, 0.1) is 0 Å². The van der Waals surface area contributed by atoms with Crippen LogP contribution < -0.4 is 4.72 Å². The molecule has 74 valence electrons. The summed E-state index contributed by atoms with van der Waals surface area (Å²) in [5.41, 5.74) is 0. The van der Waals surface area contributed by atoms with Crippen LogP contribution in [0.1, 0.15) is 0 Å². The minimum absolute atomic E-state index is 0.269. The highest BCUT2D eigenvalue weighted by Gasteiger charge is 2.17. The minimum Gasteiger partial charge on any atom is -0.436 e. The Hall–Kier alpha value is -1.26. The van der Waals surface area contributed by atoms with E-state index in [1.165, 1.54) is 14.1 Å². The van der Waals surface area contributed by atoms with Crippen molar-refractivity contribution in [3.63, 3.8) is 0 Å². The molecule has 13 heavy (non-hydrogen) atoms. The van der Waals surface area contributed by atoms with Gasteiger partial charge in [-0.3, -0.25) is 0 Å². The third-order valence-electron chi connectivity index (χ3n) is 0.980. The zero-order valence-electron chi connectivity index (χ0n) is 7.27. The molecule has 0 aliphatic rings. The van der Waals surface area contributed by atoms with Crippen LogP contribution in [0.5, 0.6) is 0 Å². The van der Waals surface area contributed by atoms with Crippen LogP contribution in [0.4, 0.5) is 4.79 Å². The average Bonchev–Trinajstić information content (AvgIpc) is 1.99. The molecule has 0 aliphatic carbocycles. The summed E-state index contributed by atoms with van der Waals surface area (Å²) in [6.07, 6.45) is 3.69. The Balaban J connectivity index is 4.16. The third kappa shape index (κ3) is 4.35. The van der Waals surface area contributed by atoms with E-state index in [-0.39, 0.29) is 6.61 Å². The molecule has 0 aromatic carbocycles. The lowest BCUT2D eigenvalue weighted by molar-refractivity contribution is 0.166. The SMILES string of the molecule is C#CCOC(=O)NS(=O)(=O)N(C)C. The van der Waals surface area contributed by atoms with Crippen LogP contribution in [0.3, 0.4) is 0 Å². The van der Waals surface area contributed by atoms with Crippen molar-refractivity contribution in [3.05, 3.63) is 0 Å². The predicted molar refractivity (Wildman–Crippen MR) is 45.9 cm³/mol. The second-order valence-corrected chi connectivity index (χ2v) is 4.05. The van der Waals surface area contributed by atoms with Gasteiger partial charge in [0, 0.05) is 14.1 Å². The van der Waals surface area contributed by atoms with Crippen LogP contribution in [0.25, 0.3) is 0 Å². The fourth-order valence-corrected chi connectivity index (χ4v) is 0.785. The van der Waals surface area contributed by atoms with E-state index in [2.05, 4.69) is 4.74 Å². The van der Waals surface area contributed by atoms with Crippen molar-refractivity contribution >= 4 is 16.3 Å². The maximum Gasteiger partial charge on any atom is 0.422 e. The number of nitrogens with zero attached hydrogens (tertiary/aromatic N) is 1. The number of amides is 1. The lowest BCUT2D eigenvalue weighted by Crippen LogP contribution is -2.39. The van der Waals surface area contributed by atoms with Crippen molar-refractivity contribution in [2.24, 2.45) is 0 Å². The van der Waals surface area contributed by atoms with Gasteiger partial charge in [-0.2, -0.15) is 12.7 Å². The van der Waals surface area contributed by atoms with Crippen LogP contribution in [0, 0.1) is 12.3 Å². The van der Waals surface area contributed by atoms with E-state index in [0.717, 1.165) is 4.31 Å². The first-order valence-corrected chi connectivity index (χ1v) is 4.64. The Morgan fingerprint density at radius 1 is 1.62 bits per heavy atom. The molecule has 0 unspecified atom stereocenters. The van der Waals surface area contributed by atoms with E-state index in [9.17, 15) is 13.2 Å². The van der Waals surface area contributed by atoms with Crippen molar-refractivity contribution in [1.82, 2.24) is 9.03 Å². The standard InChI is InChI=1S/C6H10N2O4S/c1-4-5-12-6(9)7-13(10,11)8(2)3/h1H,5H2,2-3H3,(H,7,9). The van der Waals surface area contributed by atoms with Gasteiger partial charge >= 0.3 is 16.3 Å². The van der Waals surface area contributed by atoms with E-state index in [0.29, 0.717) is 0 Å². The highest BCUT2D eigenvalue weighted by Crippen LogP contribution is 1.89. The van der Waals surface area contributed by atoms with E-state index in [1.807, 2.05) is 5.92 Å². The van der Waals surface area contributed by atoms with Gasteiger partial charge in [0.2, 0.25) is 0 Å². The Bertz CT molecular complexity index is 314. The largest absolute Gasteiger partial charge is 0.436 e. The molecule has 0 saturated carbocycles. The lowest BCUT2D eigenvalue weighted by Gasteiger charge is -2.11. The summed E-state index contributed by atoms with van der Waals surface area (Å²) < 4.78 is 28.7. The molecule has 0 aromatic heterocycles. The summed E-state index contributed by atoms with van der Waals surface area (Å²) in [7, 11) is -1.24. The second kappa shape index (κ2) is 4.69. The Morgan fingerprint density at radius 2 is 2.15 bits per heavy atom. The van der Waals surface area contributed by atoms with Gasteiger partial charge in [-0.1, -0.05) is 5.92 Å². The zero-order valence-corrected chi connectivity index (χ0v) is 8.09. The highest BCUT2D eigenvalue weighted by molar-refractivity contribution is 7.87. The number of hydrogen-bond donors (Lipinski definition) is 1. The summed E-state index contributed by atoms with van der Waals surface area (Å²) in [5, 5.41) is 0. The molecule has 0 aliphatic heterocycles. The van der Waals surface area contributed by atoms with E-state index >= 15 is 0 Å². The van der Waals surface area contributed by atoms with Gasteiger partial charge in [-0.05, 0) is 0 Å². The van der Waals surface area contributed by atoms with Crippen LogP contribution in [-0.2, 0) is 14.9 Å². The topological polar surface area (TPSA) is 75.7 Å². The first-order chi connectivity index (χ1) is 5.90. The molecule has 1 amide bonds. The summed E-state index contributed by atoms with van der Waals surface area (Å²) in [6, 6.07) is 0. The number of ether oxygens (including phenoxy) is 1. The van der Waals surface area contributed by atoms with Gasteiger partial charge in [-0.15, -0.1) is 6.42 Å². The number of carbonyl (C=O) groups excluding carboxylic acids is 1. The molecular formula is C6H10N2O4S. The molecule has 0 aromatic rings. The fraction of sp³-hybridized carbons (Fsp3) is 0.500. The Kier molecular flexibility index (Phi) is 4.23. The number of carbonyl (C=O) groups is 1. The number of terminal acetylenes is 1. The molecule has 0 spiro atoms. The number of hydrogen-bond acceptors (Lipinski definition) is 4. The van der Waals surface area contributed by atoms with E-state index in [4.69, 9.17) is 6.42 Å². The van der Waals surface area contributed by atoms with Crippen LogP contribution in [-0.4, -0.2) is 39.5 Å². The number of rotatable bonds is 3. The van der Waals surface area contributed by atoms with Gasteiger partial charge in [-0.25, -0.2) is 9.52 Å². The molecular weight excluding hydrogens is 196 g/mol. The molecule has 0 rings (SSSR count). The molecule has 6 nitrogen and oxygen atoms in total. The summed E-state index contributed by atoms with van der Waals surface area (Å²) in [6.45, 7) is -0.269. The lowest BCUT2D eigenvalue weighted by atomic mass is 10.8. The van der Waals surface area contributed by atoms with Crippen molar-refractivity contribution in [1.29, 1.82) is 0 Å². The third-order valence-corrected chi connectivity index (χ3v) is 2.37. The second-order valence-electron chi connectivity index (χ2n) is 2.17. The van der Waals surface area contributed by atoms with Crippen molar-refractivity contribution in [3.8, 4) is 12.3 Å². The molecule has 7 heteroatoms. The fourth-order valence-electron chi connectivity index (χ4n) is 0.333. The van der Waals surface area contributed by atoms with Crippen molar-refractivity contribution in [2.45, 2.75) is 0 Å². The van der Waals surface area contributed by atoms with Crippen LogP contribution in [0.2, 0.25) is 0 Å². The quantitative estimate of drug-likeness (QED) is 0.610. The monoisotopic (exact) mass is 206 g/mol. The molecule has 0 radical (unpaired) electrons. The van der Waals surface area contributed by atoms with Gasteiger partial charge < -0.3 is 4.74 Å². The molecule has 0 bridgehead atoms. The summed E-state index contributed by atoms with van der Waals surface area (Å²) in [4.78, 5) is 10.7. The van der Waals surface area contributed by atoms with Gasteiger partial charge in [0.15, 0.2) is 6.61 Å². The molecule has 0 atom stereocenters. The highest BCUT2D eigenvalue weighted by atomic mass is 32.2. The van der Waals surface area contributed by atoms with Gasteiger partial charge in [0.1, 0.15) is 0 Å². The van der Waals surface area contributed by atoms with Crippen molar-refractivity contribution < 1.29 is 17.9 Å². The maximum absolute atomic E-state index is 11.0. The predicted octanol–water partition coefficient (Wildman–Crippen LogP) is -0.848. The van der Waals surface area contributed by atoms with Crippen molar-refractivity contribution in [2.75, 3.05) is 20.7 Å². The zero-order chi connectivity index (χ0) is 10.5. The minimum atomic E-state index is -3.79. The molecule has 0 heterocycles. The van der Waals surface area contributed by atoms with Gasteiger partial charge in [0.25, 0.3) is 0 Å². The maximum atomic E-state index is 11.0. The Morgan fingerprint density at radius 3 is 2.54 bits per heavy atom. The Labute approximate surface area is 77.0 Å². The summed E-state index contributed by atoms with van der Waals surface area (Å²) in [5.74, 6) is 2.02. The van der Waals surface area contributed by atoms with E-state index < -0.39 is 16.3 Å². The smallest absolute Gasteiger partial charge is 0.422 e. The number of nitrogens with one attached hydrogen (secondary N) is 1. The molecule has 1 N–H and O–H groups in total. The molecule has 0 saturated heterocycles. The normalized spacial score (nSPS) is 10.6. The first kappa shape index (κ1) is 11.7. The van der Waals surface area contributed by atoms with Crippen LogP contribution in [0.15, 0.2) is 0 Å². The first-order valence-electron chi connectivity index (χ1n) is 3.20. The summed E-state index contributed by atoms with van der Waals surface area (Å²) >= 11 is 0. The van der Waals surface area contributed by atoms with E-state index in [1.54, 1.807) is 4.72 Å².